The summed E-state index contributed by atoms with van der Waals surface area (Å²) in [4.78, 5) is 26.5. The SMILES string of the molecule is O=C(CCN1C(=O)/C(=C/c2cccc(O)c2)SC1=S)Nc1ccc(O)cc1. The van der Waals surface area contributed by atoms with Gasteiger partial charge < -0.3 is 15.5 Å². The monoisotopic (exact) mass is 400 g/mol. The van der Waals surface area contributed by atoms with Crippen molar-refractivity contribution in [2.45, 2.75) is 6.42 Å². The first kappa shape index (κ1) is 18.9. The van der Waals surface area contributed by atoms with Crippen LogP contribution in [0.2, 0.25) is 0 Å². The molecule has 1 saturated heterocycles. The number of phenols is 2. The van der Waals surface area contributed by atoms with Gasteiger partial charge in [0.15, 0.2) is 0 Å². The summed E-state index contributed by atoms with van der Waals surface area (Å²) >= 11 is 6.42. The average Bonchev–Trinajstić information content (AvgIpc) is 2.88. The summed E-state index contributed by atoms with van der Waals surface area (Å²) in [5, 5.41) is 21.5. The lowest BCUT2D eigenvalue weighted by Crippen LogP contribution is -2.31. The number of hydrogen-bond acceptors (Lipinski definition) is 6. The fourth-order valence-electron chi connectivity index (χ4n) is 2.44. The Labute approximate surface area is 165 Å². The third-order valence-corrected chi connectivity index (χ3v) is 5.13. The van der Waals surface area contributed by atoms with Crippen molar-refractivity contribution >= 4 is 51.9 Å². The standard InChI is InChI=1S/C19H16N2O4S2/c22-14-6-4-13(5-7-14)20-17(24)8-9-21-18(25)16(27-19(21)26)11-12-2-1-3-15(23)10-12/h1-7,10-11,22-23H,8-9H2,(H,20,24)/b16-11-. The van der Waals surface area contributed by atoms with Crippen molar-refractivity contribution in [1.29, 1.82) is 0 Å². The minimum Gasteiger partial charge on any atom is -0.508 e. The Kier molecular flexibility index (Phi) is 5.78. The van der Waals surface area contributed by atoms with E-state index in [-0.39, 0.29) is 36.3 Å². The number of thiocarbonyl (C=S) groups is 1. The molecule has 1 fully saturated rings. The maximum atomic E-state index is 12.5. The molecular weight excluding hydrogens is 384 g/mol. The van der Waals surface area contributed by atoms with Crippen LogP contribution < -0.4 is 5.32 Å². The smallest absolute Gasteiger partial charge is 0.266 e. The van der Waals surface area contributed by atoms with Gasteiger partial charge in [0, 0.05) is 18.7 Å². The first-order valence-corrected chi connectivity index (χ1v) is 9.28. The molecule has 2 aromatic carbocycles. The van der Waals surface area contributed by atoms with Crippen LogP contribution in [0.15, 0.2) is 53.4 Å². The Bertz CT molecular complexity index is 926. The van der Waals surface area contributed by atoms with Gasteiger partial charge >= 0.3 is 0 Å². The Hall–Kier alpha value is -2.84. The molecule has 138 valence electrons. The number of phenolic OH excluding ortho intramolecular Hbond substituents is 2. The maximum absolute atomic E-state index is 12.5. The van der Waals surface area contributed by atoms with Gasteiger partial charge in [-0.05, 0) is 48.0 Å². The highest BCUT2D eigenvalue weighted by Crippen LogP contribution is 2.33. The van der Waals surface area contributed by atoms with Crippen LogP contribution in [0, 0.1) is 0 Å². The quantitative estimate of drug-likeness (QED) is 0.405. The van der Waals surface area contributed by atoms with E-state index < -0.39 is 0 Å². The zero-order valence-electron chi connectivity index (χ0n) is 14.1. The molecule has 0 aliphatic carbocycles. The van der Waals surface area contributed by atoms with Crippen LogP contribution >= 0.6 is 24.0 Å². The number of carbonyl (C=O) groups excluding carboxylic acids is 2. The van der Waals surface area contributed by atoms with E-state index in [9.17, 15) is 19.8 Å². The zero-order valence-corrected chi connectivity index (χ0v) is 15.7. The van der Waals surface area contributed by atoms with Crippen molar-refractivity contribution in [3.63, 3.8) is 0 Å². The first-order chi connectivity index (χ1) is 12.9. The van der Waals surface area contributed by atoms with E-state index in [1.54, 1.807) is 42.5 Å². The molecule has 1 aliphatic heterocycles. The number of thioether (sulfide) groups is 1. The van der Waals surface area contributed by atoms with E-state index in [0.717, 1.165) is 0 Å². The average molecular weight is 400 g/mol. The number of aromatic hydroxyl groups is 2. The molecule has 2 aromatic rings. The van der Waals surface area contributed by atoms with Crippen LogP contribution in [-0.4, -0.2) is 37.8 Å². The molecule has 0 radical (unpaired) electrons. The Balaban J connectivity index is 1.60. The molecule has 0 aromatic heterocycles. The minimum atomic E-state index is -0.259. The molecule has 0 spiro atoms. The largest absolute Gasteiger partial charge is 0.508 e. The Morgan fingerprint density at radius 1 is 1.15 bits per heavy atom. The van der Waals surface area contributed by atoms with E-state index in [1.165, 1.54) is 28.8 Å². The number of anilines is 1. The summed E-state index contributed by atoms with van der Waals surface area (Å²) in [6.07, 6.45) is 1.75. The second-order valence-corrected chi connectivity index (χ2v) is 7.45. The lowest BCUT2D eigenvalue weighted by atomic mass is 10.2. The van der Waals surface area contributed by atoms with Gasteiger partial charge in [-0.15, -0.1) is 0 Å². The molecule has 1 aliphatic rings. The minimum absolute atomic E-state index is 0.0900. The highest BCUT2D eigenvalue weighted by atomic mass is 32.2. The molecular formula is C19H16N2O4S2. The predicted molar refractivity (Wildman–Crippen MR) is 109 cm³/mol. The Morgan fingerprint density at radius 3 is 2.59 bits per heavy atom. The normalized spacial score (nSPS) is 15.4. The number of benzene rings is 2. The number of carbonyl (C=O) groups is 2. The summed E-state index contributed by atoms with van der Waals surface area (Å²) in [6.45, 7) is 0.173. The number of hydrogen-bond donors (Lipinski definition) is 3. The lowest BCUT2D eigenvalue weighted by molar-refractivity contribution is -0.122. The first-order valence-electron chi connectivity index (χ1n) is 8.05. The number of amides is 2. The second kappa shape index (κ2) is 8.24. The molecule has 3 rings (SSSR count). The molecule has 27 heavy (non-hydrogen) atoms. The molecule has 8 heteroatoms. The van der Waals surface area contributed by atoms with Gasteiger partial charge in [-0.25, -0.2) is 0 Å². The molecule has 0 unspecified atom stereocenters. The molecule has 0 bridgehead atoms. The van der Waals surface area contributed by atoms with Gasteiger partial charge in [-0.1, -0.05) is 36.1 Å². The van der Waals surface area contributed by atoms with E-state index in [4.69, 9.17) is 12.2 Å². The molecule has 2 amide bonds. The number of nitrogens with zero attached hydrogens (tertiary/aromatic N) is 1. The second-order valence-electron chi connectivity index (χ2n) is 5.77. The highest BCUT2D eigenvalue weighted by Gasteiger charge is 2.32. The van der Waals surface area contributed by atoms with Gasteiger partial charge in [0.1, 0.15) is 15.8 Å². The van der Waals surface area contributed by atoms with Crippen LogP contribution in [0.4, 0.5) is 5.69 Å². The van der Waals surface area contributed by atoms with E-state index in [2.05, 4.69) is 5.32 Å². The zero-order chi connectivity index (χ0) is 19.4. The van der Waals surface area contributed by atoms with Crippen LogP contribution in [0.25, 0.3) is 6.08 Å². The fourth-order valence-corrected chi connectivity index (χ4v) is 3.75. The Morgan fingerprint density at radius 2 is 1.89 bits per heavy atom. The lowest BCUT2D eigenvalue weighted by Gasteiger charge is -2.14. The summed E-state index contributed by atoms with van der Waals surface area (Å²) in [7, 11) is 0. The van der Waals surface area contributed by atoms with Crippen molar-refractivity contribution in [1.82, 2.24) is 4.90 Å². The van der Waals surface area contributed by atoms with Crippen molar-refractivity contribution in [3.05, 3.63) is 59.0 Å². The van der Waals surface area contributed by atoms with E-state index >= 15 is 0 Å². The van der Waals surface area contributed by atoms with E-state index in [0.29, 0.717) is 20.5 Å². The maximum Gasteiger partial charge on any atom is 0.266 e. The van der Waals surface area contributed by atoms with Gasteiger partial charge in [0.2, 0.25) is 5.91 Å². The summed E-state index contributed by atoms with van der Waals surface area (Å²) in [5.41, 5.74) is 1.26. The summed E-state index contributed by atoms with van der Waals surface area (Å²) in [6, 6.07) is 12.7. The van der Waals surface area contributed by atoms with Crippen LogP contribution in [0.3, 0.4) is 0 Å². The van der Waals surface area contributed by atoms with Gasteiger partial charge in [0.25, 0.3) is 5.91 Å². The summed E-state index contributed by atoms with van der Waals surface area (Å²) < 4.78 is 0.392. The van der Waals surface area contributed by atoms with Gasteiger partial charge in [-0.2, -0.15) is 0 Å². The molecule has 1 heterocycles. The number of nitrogens with one attached hydrogen (secondary N) is 1. The van der Waals surface area contributed by atoms with Gasteiger partial charge in [-0.3, -0.25) is 14.5 Å². The third kappa shape index (κ3) is 4.87. The van der Waals surface area contributed by atoms with E-state index in [1.807, 2.05) is 0 Å². The molecule has 3 N–H and O–H groups in total. The predicted octanol–water partition coefficient (Wildman–Crippen LogP) is 3.33. The van der Waals surface area contributed by atoms with Crippen molar-refractivity contribution in [2.75, 3.05) is 11.9 Å². The van der Waals surface area contributed by atoms with Crippen LogP contribution in [0.1, 0.15) is 12.0 Å². The molecule has 6 nitrogen and oxygen atoms in total. The van der Waals surface area contributed by atoms with Crippen molar-refractivity contribution < 1.29 is 19.8 Å². The topological polar surface area (TPSA) is 89.9 Å². The van der Waals surface area contributed by atoms with Crippen LogP contribution in [0.5, 0.6) is 11.5 Å². The summed E-state index contributed by atoms with van der Waals surface area (Å²) in [5.74, 6) is -0.285. The van der Waals surface area contributed by atoms with Crippen LogP contribution in [-0.2, 0) is 9.59 Å². The van der Waals surface area contributed by atoms with Crippen molar-refractivity contribution in [2.24, 2.45) is 0 Å². The molecule has 0 saturated carbocycles. The molecule has 0 atom stereocenters. The highest BCUT2D eigenvalue weighted by molar-refractivity contribution is 8.26. The number of rotatable bonds is 5. The van der Waals surface area contributed by atoms with Crippen molar-refractivity contribution in [3.8, 4) is 11.5 Å². The third-order valence-electron chi connectivity index (χ3n) is 3.76. The van der Waals surface area contributed by atoms with Gasteiger partial charge in [0.05, 0.1) is 4.91 Å². The fraction of sp³-hybridized carbons (Fsp3) is 0.105.